The SMILES string of the molecule is COc1ccc(C)c(-n2c(N(C(=O)OC(C)(C)C)C(=O)OC(C)(C)C)c(C#N)c3c(C=O)nc4cc(C)oc4c32)c1C. The van der Waals surface area contributed by atoms with Crippen LogP contribution in [0.2, 0.25) is 0 Å². The third-order valence-corrected chi connectivity index (χ3v) is 6.31. The van der Waals surface area contributed by atoms with E-state index in [1.807, 2.05) is 6.92 Å². The van der Waals surface area contributed by atoms with Crippen molar-refractivity contribution in [1.29, 1.82) is 5.26 Å². The number of rotatable bonds is 4. The maximum Gasteiger partial charge on any atom is 0.425 e. The van der Waals surface area contributed by atoms with Crippen molar-refractivity contribution in [3.63, 3.8) is 0 Å². The predicted octanol–water partition coefficient (Wildman–Crippen LogP) is 7.07. The maximum absolute atomic E-state index is 13.9. The fraction of sp³-hybridized carbons (Fsp3) is 0.387. The van der Waals surface area contributed by atoms with Gasteiger partial charge in [-0.05, 0) is 73.9 Å². The van der Waals surface area contributed by atoms with Crippen LogP contribution in [0.3, 0.4) is 0 Å². The molecule has 11 nitrogen and oxygen atoms in total. The summed E-state index contributed by atoms with van der Waals surface area (Å²) in [6, 6.07) is 7.36. The Labute approximate surface area is 243 Å². The van der Waals surface area contributed by atoms with Crippen molar-refractivity contribution in [2.24, 2.45) is 0 Å². The molecule has 2 amide bonds. The zero-order valence-corrected chi connectivity index (χ0v) is 25.5. The fourth-order valence-corrected chi connectivity index (χ4v) is 4.83. The van der Waals surface area contributed by atoms with Crippen LogP contribution < -0.4 is 9.64 Å². The lowest BCUT2D eigenvalue weighted by atomic mass is 10.1. The number of aldehydes is 1. The first-order chi connectivity index (χ1) is 19.5. The van der Waals surface area contributed by atoms with Gasteiger partial charge in [0.2, 0.25) is 0 Å². The van der Waals surface area contributed by atoms with E-state index in [-0.39, 0.29) is 33.6 Å². The Hall–Kier alpha value is -4.85. The van der Waals surface area contributed by atoms with Gasteiger partial charge in [0.15, 0.2) is 17.7 Å². The van der Waals surface area contributed by atoms with Gasteiger partial charge >= 0.3 is 12.2 Å². The number of fused-ring (bicyclic) bond motifs is 3. The number of hydrogen-bond acceptors (Lipinski definition) is 9. The molecule has 3 aromatic heterocycles. The molecule has 0 saturated heterocycles. The molecule has 0 radical (unpaired) electrons. The molecular formula is C31H34N4O7. The molecule has 4 aromatic rings. The molecule has 11 heteroatoms. The van der Waals surface area contributed by atoms with Crippen molar-refractivity contribution in [3.8, 4) is 17.5 Å². The maximum atomic E-state index is 13.9. The van der Waals surface area contributed by atoms with Crippen molar-refractivity contribution in [3.05, 3.63) is 46.3 Å². The van der Waals surface area contributed by atoms with Gasteiger partial charge in [0.1, 0.15) is 51.1 Å². The van der Waals surface area contributed by atoms with Gasteiger partial charge in [0.05, 0.1) is 18.2 Å². The van der Waals surface area contributed by atoms with Crippen LogP contribution in [-0.2, 0) is 9.47 Å². The molecule has 4 rings (SSSR count). The zero-order chi connectivity index (χ0) is 31.3. The van der Waals surface area contributed by atoms with Gasteiger partial charge in [0, 0.05) is 11.6 Å². The van der Waals surface area contributed by atoms with E-state index in [2.05, 4.69) is 11.1 Å². The Kier molecular flexibility index (Phi) is 7.55. The van der Waals surface area contributed by atoms with Gasteiger partial charge in [0.25, 0.3) is 0 Å². The fourth-order valence-electron chi connectivity index (χ4n) is 4.83. The number of furan rings is 1. The summed E-state index contributed by atoms with van der Waals surface area (Å²) < 4.78 is 24.5. The summed E-state index contributed by atoms with van der Waals surface area (Å²) in [5.74, 6) is 0.825. The largest absolute Gasteiger partial charge is 0.496 e. The Balaban J connectivity index is 2.33. The van der Waals surface area contributed by atoms with Crippen LogP contribution in [0.5, 0.6) is 5.75 Å². The summed E-state index contributed by atoms with van der Waals surface area (Å²) in [5.41, 5.74) is 0.453. The van der Waals surface area contributed by atoms with Crippen molar-refractivity contribution in [1.82, 2.24) is 9.55 Å². The average molecular weight is 575 g/mol. The molecule has 1 aromatic carbocycles. The van der Waals surface area contributed by atoms with Crippen molar-refractivity contribution in [2.75, 3.05) is 12.0 Å². The second-order valence-electron chi connectivity index (χ2n) is 11.9. The number of aryl methyl sites for hydroxylation is 2. The molecule has 0 bridgehead atoms. The highest BCUT2D eigenvalue weighted by Crippen LogP contribution is 2.44. The third kappa shape index (κ3) is 5.28. The first-order valence-electron chi connectivity index (χ1n) is 13.3. The second kappa shape index (κ2) is 10.5. The number of ether oxygens (including phenoxy) is 3. The van der Waals surface area contributed by atoms with E-state index in [1.165, 1.54) is 7.11 Å². The number of carbonyl (C=O) groups excluding carboxylic acids is 3. The summed E-state index contributed by atoms with van der Waals surface area (Å²) in [7, 11) is 1.52. The number of anilines is 1. The lowest BCUT2D eigenvalue weighted by molar-refractivity contribution is 0.0428. The van der Waals surface area contributed by atoms with Crippen molar-refractivity contribution < 1.29 is 33.0 Å². The van der Waals surface area contributed by atoms with E-state index in [1.54, 1.807) is 78.2 Å². The summed E-state index contributed by atoms with van der Waals surface area (Å²) in [6.07, 6.45) is -1.64. The first-order valence-corrected chi connectivity index (χ1v) is 13.3. The molecule has 0 saturated carbocycles. The van der Waals surface area contributed by atoms with Crippen LogP contribution in [0.15, 0.2) is 22.6 Å². The van der Waals surface area contributed by atoms with E-state index < -0.39 is 23.4 Å². The van der Waals surface area contributed by atoms with Crippen LogP contribution in [0.25, 0.3) is 27.7 Å². The van der Waals surface area contributed by atoms with E-state index in [0.29, 0.717) is 45.0 Å². The van der Waals surface area contributed by atoms with Crippen LogP contribution in [0, 0.1) is 32.1 Å². The normalized spacial score (nSPS) is 11.8. The predicted molar refractivity (Wildman–Crippen MR) is 157 cm³/mol. The summed E-state index contributed by atoms with van der Waals surface area (Å²) in [5, 5.41) is 10.7. The minimum Gasteiger partial charge on any atom is -0.496 e. The Morgan fingerprint density at radius 1 is 1.05 bits per heavy atom. The molecule has 0 N–H and O–H groups in total. The zero-order valence-electron chi connectivity index (χ0n) is 25.5. The smallest absolute Gasteiger partial charge is 0.425 e. The molecule has 0 aliphatic rings. The third-order valence-electron chi connectivity index (χ3n) is 6.31. The Morgan fingerprint density at radius 3 is 2.14 bits per heavy atom. The lowest BCUT2D eigenvalue weighted by Gasteiger charge is -2.30. The number of nitriles is 1. The Morgan fingerprint density at radius 2 is 1.64 bits per heavy atom. The highest BCUT2D eigenvalue weighted by Gasteiger charge is 2.40. The lowest BCUT2D eigenvalue weighted by Crippen LogP contribution is -2.45. The first kappa shape index (κ1) is 30.1. The van der Waals surface area contributed by atoms with Crippen LogP contribution in [0.1, 0.15) is 74.5 Å². The Bertz CT molecular complexity index is 1760. The van der Waals surface area contributed by atoms with Gasteiger partial charge in [-0.2, -0.15) is 10.2 Å². The number of benzene rings is 1. The highest BCUT2D eigenvalue weighted by molar-refractivity contribution is 6.18. The monoisotopic (exact) mass is 574 g/mol. The quantitative estimate of drug-likeness (QED) is 0.234. The molecule has 220 valence electrons. The number of imide groups is 1. The number of nitrogens with zero attached hydrogens (tertiary/aromatic N) is 4. The van der Waals surface area contributed by atoms with E-state index in [0.717, 1.165) is 0 Å². The number of hydrogen-bond donors (Lipinski definition) is 0. The molecule has 42 heavy (non-hydrogen) atoms. The molecular weight excluding hydrogens is 540 g/mol. The molecule has 3 heterocycles. The minimum absolute atomic E-state index is 0.0682. The number of amides is 2. The van der Waals surface area contributed by atoms with Crippen LogP contribution in [0.4, 0.5) is 15.4 Å². The number of pyridine rings is 1. The van der Waals surface area contributed by atoms with Gasteiger partial charge in [-0.1, -0.05) is 6.07 Å². The van der Waals surface area contributed by atoms with Gasteiger partial charge in [-0.25, -0.2) is 14.6 Å². The van der Waals surface area contributed by atoms with Gasteiger partial charge in [-0.15, -0.1) is 0 Å². The number of aromatic nitrogens is 2. The molecule has 0 unspecified atom stereocenters. The molecule has 0 aliphatic heterocycles. The van der Waals surface area contributed by atoms with Gasteiger partial charge in [-0.3, -0.25) is 9.36 Å². The minimum atomic E-state index is -1.08. The standard InChI is InChI=1S/C31H34N4O7/c1-16-11-12-22(39-10)18(3)24(16)34-25-23(21(15-36)33-20-13-17(2)40-26(20)25)19(14-32)27(34)35(28(37)41-30(4,5)6)29(38)42-31(7,8)9/h11-13,15H,1-10H3. The molecule has 0 atom stereocenters. The van der Waals surface area contributed by atoms with Crippen molar-refractivity contribution in [2.45, 2.75) is 73.5 Å². The van der Waals surface area contributed by atoms with E-state index >= 15 is 0 Å². The second-order valence-corrected chi connectivity index (χ2v) is 11.9. The summed E-state index contributed by atoms with van der Waals surface area (Å²) >= 11 is 0. The summed E-state index contributed by atoms with van der Waals surface area (Å²) in [6.45, 7) is 15.3. The number of methoxy groups -OCH3 is 1. The molecule has 0 aliphatic carbocycles. The molecule has 0 spiro atoms. The topological polar surface area (TPSA) is 137 Å². The van der Waals surface area contributed by atoms with Crippen LogP contribution >= 0.6 is 0 Å². The average Bonchev–Trinajstić information content (AvgIpc) is 3.38. The van der Waals surface area contributed by atoms with E-state index in [9.17, 15) is 19.6 Å². The molecule has 0 fully saturated rings. The van der Waals surface area contributed by atoms with Crippen molar-refractivity contribution >= 4 is 46.3 Å². The van der Waals surface area contributed by atoms with Gasteiger partial charge < -0.3 is 18.6 Å². The van der Waals surface area contributed by atoms with Crippen LogP contribution in [-0.4, -0.2) is 46.3 Å². The summed E-state index contributed by atoms with van der Waals surface area (Å²) in [4.78, 5) is 45.3. The van der Waals surface area contributed by atoms with E-state index in [4.69, 9.17) is 18.6 Å². The number of carbonyl (C=O) groups is 3. The highest BCUT2D eigenvalue weighted by atomic mass is 16.6.